The van der Waals surface area contributed by atoms with Gasteiger partial charge in [-0.25, -0.2) is 0 Å². The molecule has 14 heavy (non-hydrogen) atoms. The standard InChI is InChI=1S/C10H16N2OS/c1-2-3-4-7-14(13)10-5-6-12-8-9(10)11/h5-6,8H,2-4,7,11H2,1H3. The van der Waals surface area contributed by atoms with Gasteiger partial charge < -0.3 is 5.73 Å². The van der Waals surface area contributed by atoms with E-state index in [4.69, 9.17) is 5.73 Å². The van der Waals surface area contributed by atoms with Crippen molar-refractivity contribution in [1.82, 2.24) is 4.98 Å². The van der Waals surface area contributed by atoms with Crippen molar-refractivity contribution in [2.24, 2.45) is 0 Å². The van der Waals surface area contributed by atoms with Gasteiger partial charge in [0.2, 0.25) is 0 Å². The fourth-order valence-corrected chi connectivity index (χ4v) is 2.41. The van der Waals surface area contributed by atoms with Crippen LogP contribution in [0.1, 0.15) is 26.2 Å². The summed E-state index contributed by atoms with van der Waals surface area (Å²) in [7, 11) is -0.961. The maximum Gasteiger partial charge on any atom is 0.0664 e. The Morgan fingerprint density at radius 3 is 2.93 bits per heavy atom. The topological polar surface area (TPSA) is 56.0 Å². The van der Waals surface area contributed by atoms with E-state index in [2.05, 4.69) is 11.9 Å². The fourth-order valence-electron chi connectivity index (χ4n) is 1.19. The second-order valence-corrected chi connectivity index (χ2v) is 4.71. The number of hydrogen-bond donors (Lipinski definition) is 1. The molecule has 1 rings (SSSR count). The zero-order valence-corrected chi connectivity index (χ0v) is 9.22. The van der Waals surface area contributed by atoms with E-state index in [1.54, 1.807) is 18.5 Å². The Morgan fingerprint density at radius 2 is 2.29 bits per heavy atom. The molecule has 0 radical (unpaired) electrons. The van der Waals surface area contributed by atoms with Crippen LogP contribution in [0.4, 0.5) is 5.69 Å². The number of nitrogens with two attached hydrogens (primary N) is 1. The molecule has 1 atom stereocenters. The van der Waals surface area contributed by atoms with Crippen molar-refractivity contribution in [3.05, 3.63) is 18.5 Å². The molecule has 78 valence electrons. The number of nitrogens with zero attached hydrogens (tertiary/aromatic N) is 1. The van der Waals surface area contributed by atoms with Gasteiger partial charge in [0.25, 0.3) is 0 Å². The second kappa shape index (κ2) is 5.75. The number of nitrogen functional groups attached to an aromatic ring is 1. The zero-order chi connectivity index (χ0) is 10.4. The van der Waals surface area contributed by atoms with Crippen molar-refractivity contribution in [1.29, 1.82) is 0 Å². The highest BCUT2D eigenvalue weighted by molar-refractivity contribution is 7.85. The first-order valence-electron chi connectivity index (χ1n) is 4.83. The van der Waals surface area contributed by atoms with Gasteiger partial charge in [0.05, 0.1) is 27.6 Å². The summed E-state index contributed by atoms with van der Waals surface area (Å²) in [4.78, 5) is 4.58. The summed E-state index contributed by atoms with van der Waals surface area (Å²) >= 11 is 0. The predicted octanol–water partition coefficient (Wildman–Crippen LogP) is 1.96. The second-order valence-electron chi connectivity index (χ2n) is 3.17. The minimum Gasteiger partial charge on any atom is -0.396 e. The van der Waals surface area contributed by atoms with Gasteiger partial charge in [-0.05, 0) is 12.5 Å². The predicted molar refractivity (Wildman–Crippen MR) is 59.4 cm³/mol. The van der Waals surface area contributed by atoms with Crippen LogP contribution in [-0.4, -0.2) is 14.9 Å². The van der Waals surface area contributed by atoms with E-state index in [1.165, 1.54) is 0 Å². The van der Waals surface area contributed by atoms with Crippen molar-refractivity contribution in [3.8, 4) is 0 Å². The van der Waals surface area contributed by atoms with Gasteiger partial charge >= 0.3 is 0 Å². The number of pyridine rings is 1. The number of unbranched alkanes of at least 4 members (excludes halogenated alkanes) is 2. The van der Waals surface area contributed by atoms with Crippen molar-refractivity contribution in [3.63, 3.8) is 0 Å². The Bertz CT molecular complexity index is 315. The smallest absolute Gasteiger partial charge is 0.0664 e. The summed E-state index contributed by atoms with van der Waals surface area (Å²) in [6, 6.07) is 1.73. The van der Waals surface area contributed by atoms with E-state index in [0.29, 0.717) is 11.4 Å². The summed E-state index contributed by atoms with van der Waals surface area (Å²) in [6.45, 7) is 2.13. The van der Waals surface area contributed by atoms with Crippen molar-refractivity contribution >= 4 is 16.5 Å². The van der Waals surface area contributed by atoms with Crippen LogP contribution in [0, 0.1) is 0 Å². The Labute approximate surface area is 87.2 Å². The molecule has 0 aliphatic rings. The van der Waals surface area contributed by atoms with E-state index in [1.807, 2.05) is 0 Å². The van der Waals surface area contributed by atoms with Crippen LogP contribution >= 0.6 is 0 Å². The molecular formula is C10H16N2OS. The largest absolute Gasteiger partial charge is 0.396 e. The molecule has 4 heteroatoms. The quantitative estimate of drug-likeness (QED) is 0.759. The molecule has 0 amide bonds. The van der Waals surface area contributed by atoms with E-state index < -0.39 is 10.8 Å². The molecule has 0 spiro atoms. The first-order chi connectivity index (χ1) is 6.75. The minimum atomic E-state index is -0.961. The maximum absolute atomic E-state index is 11.7. The van der Waals surface area contributed by atoms with Gasteiger partial charge in [-0.3, -0.25) is 9.19 Å². The molecule has 1 aromatic heterocycles. The third-order valence-corrected chi connectivity index (χ3v) is 3.51. The first kappa shape index (κ1) is 11.2. The highest BCUT2D eigenvalue weighted by Crippen LogP contribution is 2.15. The Balaban J connectivity index is 2.56. The summed E-state index contributed by atoms with van der Waals surface area (Å²) in [6.07, 6.45) is 6.43. The van der Waals surface area contributed by atoms with Crippen LogP contribution in [0.3, 0.4) is 0 Å². The summed E-state index contributed by atoms with van der Waals surface area (Å²) in [5.74, 6) is 0.696. The van der Waals surface area contributed by atoms with E-state index in [9.17, 15) is 4.21 Å². The maximum atomic E-state index is 11.7. The Hall–Kier alpha value is -0.900. The van der Waals surface area contributed by atoms with Crippen LogP contribution < -0.4 is 5.73 Å². The molecule has 0 fully saturated rings. The van der Waals surface area contributed by atoms with Crippen molar-refractivity contribution in [2.75, 3.05) is 11.5 Å². The fraction of sp³-hybridized carbons (Fsp3) is 0.500. The molecule has 0 aromatic carbocycles. The Morgan fingerprint density at radius 1 is 1.50 bits per heavy atom. The van der Waals surface area contributed by atoms with E-state index in [0.717, 1.165) is 24.2 Å². The molecular weight excluding hydrogens is 196 g/mol. The van der Waals surface area contributed by atoms with Crippen molar-refractivity contribution in [2.45, 2.75) is 31.1 Å². The summed E-state index contributed by atoms with van der Waals surface area (Å²) in [5, 5.41) is 0. The zero-order valence-electron chi connectivity index (χ0n) is 8.40. The SMILES string of the molecule is CCCCCS(=O)c1ccncc1N. The van der Waals surface area contributed by atoms with Gasteiger partial charge in [-0.15, -0.1) is 0 Å². The van der Waals surface area contributed by atoms with Gasteiger partial charge in [0.15, 0.2) is 0 Å². The summed E-state index contributed by atoms with van der Waals surface area (Å²) in [5.41, 5.74) is 6.20. The lowest BCUT2D eigenvalue weighted by molar-refractivity contribution is 0.676. The number of anilines is 1. The molecule has 0 saturated heterocycles. The van der Waals surface area contributed by atoms with E-state index >= 15 is 0 Å². The number of aromatic nitrogens is 1. The van der Waals surface area contributed by atoms with Gasteiger partial charge in [0.1, 0.15) is 0 Å². The normalized spacial score (nSPS) is 12.6. The molecule has 3 nitrogen and oxygen atoms in total. The van der Waals surface area contributed by atoms with E-state index in [-0.39, 0.29) is 0 Å². The van der Waals surface area contributed by atoms with Gasteiger partial charge in [-0.2, -0.15) is 0 Å². The number of hydrogen-bond acceptors (Lipinski definition) is 3. The molecule has 0 aliphatic heterocycles. The van der Waals surface area contributed by atoms with Crippen LogP contribution in [0.25, 0.3) is 0 Å². The highest BCUT2D eigenvalue weighted by Gasteiger charge is 2.06. The number of rotatable bonds is 5. The first-order valence-corrected chi connectivity index (χ1v) is 6.15. The molecule has 0 saturated carbocycles. The molecule has 1 aromatic rings. The minimum absolute atomic E-state index is 0.530. The van der Waals surface area contributed by atoms with Crippen molar-refractivity contribution < 1.29 is 4.21 Å². The lowest BCUT2D eigenvalue weighted by Gasteiger charge is -2.03. The van der Waals surface area contributed by atoms with Gasteiger partial charge in [0, 0.05) is 11.9 Å². The lowest BCUT2D eigenvalue weighted by atomic mass is 10.3. The Kier molecular flexibility index (Phi) is 4.59. The monoisotopic (exact) mass is 212 g/mol. The molecule has 1 unspecified atom stereocenters. The lowest BCUT2D eigenvalue weighted by Crippen LogP contribution is -2.02. The third kappa shape index (κ3) is 3.10. The average molecular weight is 212 g/mol. The van der Waals surface area contributed by atoms with Crippen LogP contribution in [0.5, 0.6) is 0 Å². The van der Waals surface area contributed by atoms with Crippen LogP contribution in [-0.2, 0) is 10.8 Å². The van der Waals surface area contributed by atoms with Gasteiger partial charge in [-0.1, -0.05) is 19.8 Å². The third-order valence-electron chi connectivity index (χ3n) is 1.99. The van der Waals surface area contributed by atoms with Crippen LogP contribution in [0.2, 0.25) is 0 Å². The highest BCUT2D eigenvalue weighted by atomic mass is 32.2. The molecule has 2 N–H and O–H groups in total. The molecule has 0 aliphatic carbocycles. The summed E-state index contributed by atoms with van der Waals surface area (Å²) < 4.78 is 11.7. The van der Waals surface area contributed by atoms with Crippen LogP contribution in [0.15, 0.2) is 23.4 Å². The molecule has 1 heterocycles. The molecule has 0 bridgehead atoms. The average Bonchev–Trinajstić information content (AvgIpc) is 2.18.